The standard InChI is InChI=1S/C12H15BrClNOS/c13-10-4-5-17-11(10)12(16)15-7-8-2-1-3-9(14)6-8/h4-5,8-9H,1-3,6-7H2,(H,15,16). The first-order valence-electron chi connectivity index (χ1n) is 5.82. The number of carbonyl (C=O) groups is 1. The number of rotatable bonds is 3. The van der Waals surface area contributed by atoms with E-state index in [9.17, 15) is 4.79 Å². The highest BCUT2D eigenvalue weighted by Crippen LogP contribution is 2.27. The van der Waals surface area contributed by atoms with Gasteiger partial charge in [-0.1, -0.05) is 6.42 Å². The van der Waals surface area contributed by atoms with Crippen LogP contribution in [-0.4, -0.2) is 17.8 Å². The average molecular weight is 337 g/mol. The second-order valence-electron chi connectivity index (χ2n) is 4.44. The van der Waals surface area contributed by atoms with Gasteiger partial charge in [-0.05, 0) is 52.6 Å². The van der Waals surface area contributed by atoms with Gasteiger partial charge in [0.05, 0.1) is 0 Å². The van der Waals surface area contributed by atoms with Crippen LogP contribution in [-0.2, 0) is 0 Å². The van der Waals surface area contributed by atoms with Crippen molar-refractivity contribution in [3.8, 4) is 0 Å². The molecule has 2 nitrogen and oxygen atoms in total. The third-order valence-electron chi connectivity index (χ3n) is 3.09. The lowest BCUT2D eigenvalue weighted by Crippen LogP contribution is -2.31. The Kier molecular flexibility index (Phi) is 4.88. The van der Waals surface area contributed by atoms with Crippen LogP contribution in [0.5, 0.6) is 0 Å². The van der Waals surface area contributed by atoms with Crippen LogP contribution in [0.1, 0.15) is 35.4 Å². The van der Waals surface area contributed by atoms with Gasteiger partial charge in [-0.3, -0.25) is 4.79 Å². The van der Waals surface area contributed by atoms with Gasteiger partial charge >= 0.3 is 0 Å². The lowest BCUT2D eigenvalue weighted by atomic mass is 9.89. The van der Waals surface area contributed by atoms with Gasteiger partial charge in [0.25, 0.3) is 5.91 Å². The van der Waals surface area contributed by atoms with Crippen molar-refractivity contribution in [2.75, 3.05) is 6.54 Å². The van der Waals surface area contributed by atoms with E-state index in [0.717, 1.165) is 28.7 Å². The zero-order valence-corrected chi connectivity index (χ0v) is 12.6. The van der Waals surface area contributed by atoms with Crippen LogP contribution in [0.3, 0.4) is 0 Å². The van der Waals surface area contributed by atoms with E-state index in [2.05, 4.69) is 21.2 Å². The molecule has 0 aliphatic heterocycles. The average Bonchev–Trinajstić information content (AvgIpc) is 2.72. The molecule has 0 radical (unpaired) electrons. The number of alkyl halides is 1. The maximum Gasteiger partial charge on any atom is 0.262 e. The smallest absolute Gasteiger partial charge is 0.262 e. The number of thiophene rings is 1. The summed E-state index contributed by atoms with van der Waals surface area (Å²) in [6, 6.07) is 1.90. The molecular formula is C12H15BrClNOS. The van der Waals surface area contributed by atoms with Crippen LogP contribution in [0, 0.1) is 5.92 Å². The maximum absolute atomic E-state index is 11.9. The van der Waals surface area contributed by atoms with E-state index in [0.29, 0.717) is 11.3 Å². The fourth-order valence-electron chi connectivity index (χ4n) is 2.18. The van der Waals surface area contributed by atoms with Gasteiger partial charge < -0.3 is 5.32 Å². The van der Waals surface area contributed by atoms with Gasteiger partial charge in [0.2, 0.25) is 0 Å². The molecule has 0 saturated heterocycles. The van der Waals surface area contributed by atoms with Crippen molar-refractivity contribution in [3.63, 3.8) is 0 Å². The summed E-state index contributed by atoms with van der Waals surface area (Å²) in [7, 11) is 0. The van der Waals surface area contributed by atoms with Crippen LogP contribution in [0.2, 0.25) is 0 Å². The van der Waals surface area contributed by atoms with Gasteiger partial charge in [0.15, 0.2) is 0 Å². The van der Waals surface area contributed by atoms with Crippen LogP contribution < -0.4 is 5.32 Å². The highest BCUT2D eigenvalue weighted by atomic mass is 79.9. The fourth-order valence-corrected chi connectivity index (χ4v) is 4.06. The van der Waals surface area contributed by atoms with E-state index >= 15 is 0 Å². The van der Waals surface area contributed by atoms with Crippen molar-refractivity contribution in [1.29, 1.82) is 0 Å². The second-order valence-corrected chi connectivity index (χ2v) is 6.83. The maximum atomic E-state index is 11.9. The topological polar surface area (TPSA) is 29.1 Å². The molecule has 2 atom stereocenters. The number of amides is 1. The summed E-state index contributed by atoms with van der Waals surface area (Å²) in [5, 5.41) is 5.20. The van der Waals surface area contributed by atoms with Crippen molar-refractivity contribution < 1.29 is 4.79 Å². The van der Waals surface area contributed by atoms with Crippen molar-refractivity contribution in [2.24, 2.45) is 5.92 Å². The molecule has 1 fully saturated rings. The summed E-state index contributed by atoms with van der Waals surface area (Å²) >= 11 is 11.0. The Balaban J connectivity index is 1.82. The lowest BCUT2D eigenvalue weighted by Gasteiger charge is -2.25. The Bertz CT molecular complexity index is 396. The molecule has 1 aromatic rings. The number of nitrogens with one attached hydrogen (secondary N) is 1. The van der Waals surface area contributed by atoms with E-state index in [1.165, 1.54) is 24.2 Å². The van der Waals surface area contributed by atoms with Gasteiger partial charge in [-0.15, -0.1) is 22.9 Å². The first kappa shape index (κ1) is 13.4. The number of halogens is 2. The molecule has 94 valence electrons. The molecule has 17 heavy (non-hydrogen) atoms. The van der Waals surface area contributed by atoms with Crippen molar-refractivity contribution in [3.05, 3.63) is 20.8 Å². The molecule has 2 unspecified atom stereocenters. The van der Waals surface area contributed by atoms with Crippen molar-refractivity contribution >= 4 is 44.8 Å². The third-order valence-corrected chi connectivity index (χ3v) is 5.33. The minimum Gasteiger partial charge on any atom is -0.351 e. The molecule has 1 heterocycles. The molecule has 1 N–H and O–H groups in total. The largest absolute Gasteiger partial charge is 0.351 e. The molecule has 5 heteroatoms. The van der Waals surface area contributed by atoms with Crippen LogP contribution in [0.25, 0.3) is 0 Å². The van der Waals surface area contributed by atoms with Gasteiger partial charge in [0.1, 0.15) is 4.88 Å². The van der Waals surface area contributed by atoms with E-state index in [1.54, 1.807) is 0 Å². The normalized spacial score (nSPS) is 24.6. The van der Waals surface area contributed by atoms with Crippen LogP contribution in [0.15, 0.2) is 15.9 Å². The van der Waals surface area contributed by atoms with E-state index in [4.69, 9.17) is 11.6 Å². The Labute approximate surface area is 119 Å². The molecule has 0 aromatic carbocycles. The van der Waals surface area contributed by atoms with Crippen molar-refractivity contribution in [2.45, 2.75) is 31.1 Å². The second kappa shape index (κ2) is 6.21. The number of carbonyl (C=O) groups excluding carboxylic acids is 1. The quantitative estimate of drug-likeness (QED) is 0.829. The third kappa shape index (κ3) is 3.70. The summed E-state index contributed by atoms with van der Waals surface area (Å²) in [6.45, 7) is 0.742. The highest BCUT2D eigenvalue weighted by molar-refractivity contribution is 9.10. The summed E-state index contributed by atoms with van der Waals surface area (Å²) in [4.78, 5) is 12.6. The molecular weight excluding hydrogens is 322 g/mol. The molecule has 1 aliphatic rings. The zero-order valence-electron chi connectivity index (χ0n) is 9.42. The molecule has 0 bridgehead atoms. The number of hydrogen-bond donors (Lipinski definition) is 1. The van der Waals surface area contributed by atoms with Gasteiger partial charge in [-0.25, -0.2) is 0 Å². The molecule has 1 aliphatic carbocycles. The van der Waals surface area contributed by atoms with E-state index in [1.807, 2.05) is 11.4 Å². The predicted molar refractivity (Wildman–Crippen MR) is 76.0 cm³/mol. The monoisotopic (exact) mass is 335 g/mol. The SMILES string of the molecule is O=C(NCC1CCCC(Cl)C1)c1sccc1Br. The lowest BCUT2D eigenvalue weighted by molar-refractivity contribution is 0.0947. The van der Waals surface area contributed by atoms with Crippen LogP contribution >= 0.6 is 38.9 Å². The van der Waals surface area contributed by atoms with Gasteiger partial charge in [-0.2, -0.15) is 0 Å². The Hall–Kier alpha value is -0.0600. The molecule has 1 saturated carbocycles. The summed E-state index contributed by atoms with van der Waals surface area (Å²) < 4.78 is 0.874. The molecule has 0 spiro atoms. The molecule has 1 amide bonds. The summed E-state index contributed by atoms with van der Waals surface area (Å²) in [6.07, 6.45) is 4.49. The zero-order chi connectivity index (χ0) is 12.3. The Morgan fingerprint density at radius 3 is 3.06 bits per heavy atom. The van der Waals surface area contributed by atoms with E-state index in [-0.39, 0.29) is 5.91 Å². The summed E-state index contributed by atoms with van der Waals surface area (Å²) in [5.41, 5.74) is 0. The van der Waals surface area contributed by atoms with E-state index < -0.39 is 0 Å². The molecule has 2 rings (SSSR count). The summed E-state index contributed by atoms with van der Waals surface area (Å²) in [5.74, 6) is 0.553. The van der Waals surface area contributed by atoms with Crippen LogP contribution in [0.4, 0.5) is 0 Å². The first-order chi connectivity index (χ1) is 8.16. The molecule has 1 aromatic heterocycles. The first-order valence-corrected chi connectivity index (χ1v) is 7.93. The highest BCUT2D eigenvalue weighted by Gasteiger charge is 2.21. The Morgan fingerprint density at radius 2 is 2.41 bits per heavy atom. The minimum absolute atomic E-state index is 0.0172. The fraction of sp³-hybridized carbons (Fsp3) is 0.583. The minimum atomic E-state index is 0.0172. The van der Waals surface area contributed by atoms with Crippen molar-refractivity contribution in [1.82, 2.24) is 5.32 Å². The predicted octanol–water partition coefficient (Wildman–Crippen LogP) is 4.04. The van der Waals surface area contributed by atoms with Gasteiger partial charge in [0, 0.05) is 16.4 Å². The Morgan fingerprint density at radius 1 is 1.59 bits per heavy atom. The number of hydrogen-bond acceptors (Lipinski definition) is 2.